The van der Waals surface area contributed by atoms with Crippen LogP contribution in [-0.2, 0) is 0 Å². The van der Waals surface area contributed by atoms with Crippen LogP contribution in [0.25, 0.3) is 0 Å². The van der Waals surface area contributed by atoms with Gasteiger partial charge < -0.3 is 4.74 Å². The van der Waals surface area contributed by atoms with Gasteiger partial charge in [-0.1, -0.05) is 0 Å². The maximum Gasteiger partial charge on any atom is 0.352 e. The predicted molar refractivity (Wildman–Crippen MR) is 56.7 cm³/mol. The molecule has 0 aliphatic heterocycles. The van der Waals surface area contributed by atoms with Crippen molar-refractivity contribution in [3.05, 3.63) is 21.1 Å². The molecule has 0 saturated heterocycles. The molecule has 0 bridgehead atoms. The maximum absolute atomic E-state index is 10.8. The maximum atomic E-state index is 10.8. The molecule has 7 heteroatoms. The highest BCUT2D eigenvalue weighted by Crippen LogP contribution is 2.33. The van der Waals surface area contributed by atoms with Crippen molar-refractivity contribution in [1.29, 1.82) is 0 Å². The lowest BCUT2D eigenvalue weighted by Crippen LogP contribution is -2.06. The first kappa shape index (κ1) is 11.1. The van der Waals surface area contributed by atoms with E-state index in [-0.39, 0.29) is 22.5 Å². The second-order valence-corrected chi connectivity index (χ2v) is 4.08. The Balaban J connectivity index is 2.27. The molecule has 6 nitrogen and oxygen atoms in total. The summed E-state index contributed by atoms with van der Waals surface area (Å²) in [6.07, 6.45) is 2.21. The van der Waals surface area contributed by atoms with Crippen LogP contribution < -0.4 is 4.74 Å². The molecule has 0 spiro atoms. The lowest BCUT2D eigenvalue weighted by Gasteiger charge is -2.06. The number of nitrogens with zero attached hydrogens (tertiary/aromatic N) is 3. The van der Waals surface area contributed by atoms with E-state index < -0.39 is 4.92 Å². The Hall–Kier alpha value is -1.43. The van der Waals surface area contributed by atoms with Gasteiger partial charge >= 0.3 is 5.69 Å². The third-order valence-electron chi connectivity index (χ3n) is 2.33. The first-order valence-electron chi connectivity index (χ1n) is 4.89. The van der Waals surface area contributed by atoms with Gasteiger partial charge in [-0.15, -0.1) is 0 Å². The zero-order valence-electron chi connectivity index (χ0n) is 8.64. The van der Waals surface area contributed by atoms with Gasteiger partial charge in [-0.25, -0.2) is 4.98 Å². The summed E-state index contributed by atoms with van der Waals surface area (Å²) < 4.78 is 5.31. The first-order valence-corrected chi connectivity index (χ1v) is 5.27. The van der Waals surface area contributed by atoms with Crippen molar-refractivity contribution in [3.8, 4) is 5.88 Å². The van der Waals surface area contributed by atoms with Gasteiger partial charge in [0.25, 0.3) is 5.88 Å². The average Bonchev–Trinajstić information content (AvgIpc) is 2.95. The molecule has 1 heterocycles. The zero-order chi connectivity index (χ0) is 11.7. The molecule has 1 aliphatic rings. The topological polar surface area (TPSA) is 78.2 Å². The summed E-state index contributed by atoms with van der Waals surface area (Å²) in [6, 6.07) is 0. The number of aryl methyl sites for hydroxylation is 1. The molecular weight excluding hydrogens is 234 g/mol. The second kappa shape index (κ2) is 4.21. The Morgan fingerprint density at radius 1 is 1.56 bits per heavy atom. The van der Waals surface area contributed by atoms with E-state index in [0.717, 1.165) is 12.8 Å². The zero-order valence-corrected chi connectivity index (χ0v) is 9.40. The van der Waals surface area contributed by atoms with Crippen LogP contribution in [-0.4, -0.2) is 21.5 Å². The minimum Gasteiger partial charge on any atom is -0.472 e. The fourth-order valence-electron chi connectivity index (χ4n) is 1.30. The number of aromatic nitrogens is 2. The van der Waals surface area contributed by atoms with E-state index >= 15 is 0 Å². The number of halogens is 1. The van der Waals surface area contributed by atoms with Crippen LogP contribution in [0.4, 0.5) is 5.69 Å². The van der Waals surface area contributed by atoms with Crippen molar-refractivity contribution >= 4 is 17.3 Å². The molecule has 1 fully saturated rings. The van der Waals surface area contributed by atoms with Crippen LogP contribution in [0.1, 0.15) is 18.5 Å². The molecule has 0 atom stereocenters. The number of ether oxygens (including phenoxy) is 1. The van der Waals surface area contributed by atoms with Crippen LogP contribution in [0.2, 0.25) is 5.28 Å². The molecular formula is C9H10ClN3O3. The van der Waals surface area contributed by atoms with Crippen LogP contribution in [0.5, 0.6) is 5.88 Å². The van der Waals surface area contributed by atoms with Crippen molar-refractivity contribution in [2.75, 3.05) is 6.61 Å². The first-order chi connectivity index (χ1) is 7.58. The molecule has 0 radical (unpaired) electrons. The summed E-state index contributed by atoms with van der Waals surface area (Å²) in [5.41, 5.74) is 0.0147. The molecule has 1 aromatic heterocycles. The van der Waals surface area contributed by atoms with Gasteiger partial charge in [0.2, 0.25) is 5.28 Å². The molecule has 1 saturated carbocycles. The highest BCUT2D eigenvalue weighted by molar-refractivity contribution is 6.28. The summed E-state index contributed by atoms with van der Waals surface area (Å²) in [4.78, 5) is 17.7. The van der Waals surface area contributed by atoms with Gasteiger partial charge in [0, 0.05) is 0 Å². The Labute approximate surface area is 96.8 Å². The second-order valence-electron chi connectivity index (χ2n) is 3.74. The summed E-state index contributed by atoms with van der Waals surface area (Å²) >= 11 is 5.63. The van der Waals surface area contributed by atoms with Crippen LogP contribution in [0.15, 0.2) is 0 Å². The van der Waals surface area contributed by atoms with Crippen molar-refractivity contribution in [2.24, 2.45) is 5.92 Å². The minimum atomic E-state index is -0.548. The van der Waals surface area contributed by atoms with Gasteiger partial charge in [-0.3, -0.25) is 10.1 Å². The largest absolute Gasteiger partial charge is 0.472 e. The molecule has 1 aliphatic carbocycles. The summed E-state index contributed by atoms with van der Waals surface area (Å²) in [6.45, 7) is 1.96. The highest BCUT2D eigenvalue weighted by Gasteiger charge is 2.27. The Morgan fingerprint density at radius 2 is 2.25 bits per heavy atom. The van der Waals surface area contributed by atoms with Crippen molar-refractivity contribution in [3.63, 3.8) is 0 Å². The van der Waals surface area contributed by atoms with Gasteiger partial charge in [0.05, 0.1) is 11.5 Å². The molecule has 0 N–H and O–H groups in total. The van der Waals surface area contributed by atoms with E-state index in [1.54, 1.807) is 0 Å². The number of nitro groups is 1. The number of rotatable bonds is 4. The molecule has 2 rings (SSSR count). The SMILES string of the molecule is Cc1nc(Cl)nc(OCC2CC2)c1[N+](=O)[O-]. The number of hydrogen-bond donors (Lipinski definition) is 0. The van der Waals surface area contributed by atoms with E-state index in [0.29, 0.717) is 12.5 Å². The lowest BCUT2D eigenvalue weighted by atomic mass is 10.3. The minimum absolute atomic E-state index is 0.0330. The summed E-state index contributed by atoms with van der Waals surface area (Å²) in [7, 11) is 0. The molecule has 0 aromatic carbocycles. The van der Waals surface area contributed by atoms with E-state index in [2.05, 4.69) is 9.97 Å². The van der Waals surface area contributed by atoms with Crippen LogP contribution >= 0.6 is 11.6 Å². The number of hydrogen-bond acceptors (Lipinski definition) is 5. The molecule has 86 valence electrons. The van der Waals surface area contributed by atoms with Crippen molar-refractivity contribution in [1.82, 2.24) is 9.97 Å². The summed E-state index contributed by atoms with van der Waals surface area (Å²) in [5.74, 6) is 0.461. The molecule has 0 unspecified atom stereocenters. The molecule has 16 heavy (non-hydrogen) atoms. The highest BCUT2D eigenvalue weighted by atomic mass is 35.5. The normalized spacial score (nSPS) is 14.9. The third-order valence-corrected chi connectivity index (χ3v) is 2.50. The van der Waals surface area contributed by atoms with Crippen LogP contribution in [0.3, 0.4) is 0 Å². The van der Waals surface area contributed by atoms with Gasteiger partial charge in [0.1, 0.15) is 5.69 Å². The average molecular weight is 244 g/mol. The van der Waals surface area contributed by atoms with E-state index in [1.165, 1.54) is 6.92 Å². The van der Waals surface area contributed by atoms with Crippen molar-refractivity contribution in [2.45, 2.75) is 19.8 Å². The monoisotopic (exact) mass is 243 g/mol. The van der Waals surface area contributed by atoms with E-state index in [4.69, 9.17) is 16.3 Å². The van der Waals surface area contributed by atoms with Crippen molar-refractivity contribution < 1.29 is 9.66 Å². The Kier molecular flexibility index (Phi) is 2.91. The fraction of sp³-hybridized carbons (Fsp3) is 0.556. The third kappa shape index (κ3) is 2.38. The van der Waals surface area contributed by atoms with Crippen LogP contribution in [0, 0.1) is 23.0 Å². The van der Waals surface area contributed by atoms with Gasteiger partial charge in [-0.05, 0) is 37.3 Å². The van der Waals surface area contributed by atoms with E-state index in [1.807, 2.05) is 0 Å². The fourth-order valence-corrected chi connectivity index (χ4v) is 1.50. The Morgan fingerprint density at radius 3 is 2.81 bits per heavy atom. The Bertz CT molecular complexity index is 434. The summed E-state index contributed by atoms with van der Waals surface area (Å²) in [5, 5.41) is 10.8. The van der Waals surface area contributed by atoms with Gasteiger partial charge in [0.15, 0.2) is 0 Å². The predicted octanol–water partition coefficient (Wildman–Crippen LogP) is 2.14. The standard InChI is InChI=1S/C9H10ClN3O3/c1-5-7(13(14)15)8(12-9(10)11-5)16-4-6-2-3-6/h6H,2-4H2,1H3. The lowest BCUT2D eigenvalue weighted by molar-refractivity contribution is -0.387. The molecule has 0 amide bonds. The van der Waals surface area contributed by atoms with E-state index in [9.17, 15) is 10.1 Å². The van der Waals surface area contributed by atoms with Gasteiger partial charge in [-0.2, -0.15) is 4.98 Å². The smallest absolute Gasteiger partial charge is 0.352 e. The molecule has 1 aromatic rings. The quantitative estimate of drug-likeness (QED) is 0.460.